The van der Waals surface area contributed by atoms with Gasteiger partial charge in [-0.05, 0) is 18.9 Å². The SMILES string of the molecule is CC/C(=N\NC1NC(=O)NNC1C)c1ccccc1. The van der Waals surface area contributed by atoms with Crippen LogP contribution in [0.15, 0.2) is 35.4 Å². The van der Waals surface area contributed by atoms with Gasteiger partial charge in [-0.2, -0.15) is 5.10 Å². The molecule has 0 saturated carbocycles. The highest BCUT2D eigenvalue weighted by atomic mass is 16.2. The molecule has 1 aliphatic rings. The molecule has 1 aromatic rings. The molecule has 1 saturated heterocycles. The van der Waals surface area contributed by atoms with Crippen molar-refractivity contribution in [2.45, 2.75) is 32.5 Å². The number of nitrogens with zero attached hydrogens (tertiary/aromatic N) is 1. The average molecular weight is 261 g/mol. The summed E-state index contributed by atoms with van der Waals surface area (Å²) in [6, 6.07) is 9.76. The maximum Gasteiger partial charge on any atom is 0.330 e. The van der Waals surface area contributed by atoms with Crippen molar-refractivity contribution >= 4 is 11.7 Å². The quantitative estimate of drug-likeness (QED) is 0.481. The number of amides is 2. The second-order valence-corrected chi connectivity index (χ2v) is 4.42. The van der Waals surface area contributed by atoms with E-state index in [9.17, 15) is 4.79 Å². The monoisotopic (exact) mass is 261 g/mol. The van der Waals surface area contributed by atoms with Crippen LogP contribution in [0.2, 0.25) is 0 Å². The molecule has 1 fully saturated rings. The van der Waals surface area contributed by atoms with Gasteiger partial charge in [0.05, 0.1) is 11.8 Å². The van der Waals surface area contributed by atoms with Crippen LogP contribution < -0.4 is 21.6 Å². The van der Waals surface area contributed by atoms with Crippen molar-refractivity contribution in [3.8, 4) is 0 Å². The summed E-state index contributed by atoms with van der Waals surface area (Å²) < 4.78 is 0. The third-order valence-electron chi connectivity index (χ3n) is 2.98. The minimum atomic E-state index is -0.261. The Labute approximate surface area is 112 Å². The van der Waals surface area contributed by atoms with Gasteiger partial charge in [0.25, 0.3) is 0 Å². The average Bonchev–Trinajstić information content (AvgIpc) is 2.44. The van der Waals surface area contributed by atoms with E-state index in [1.54, 1.807) is 0 Å². The first-order chi connectivity index (χ1) is 9.20. The maximum atomic E-state index is 11.2. The molecular weight excluding hydrogens is 242 g/mol. The summed E-state index contributed by atoms with van der Waals surface area (Å²) in [6.07, 6.45) is 0.580. The number of hydrazine groups is 1. The summed E-state index contributed by atoms with van der Waals surface area (Å²) in [6.45, 7) is 4.00. The number of urea groups is 1. The predicted octanol–water partition coefficient (Wildman–Crippen LogP) is 0.922. The molecule has 1 aromatic carbocycles. The standard InChI is InChI=1S/C13H19N5O/c1-3-11(10-7-5-4-6-8-10)16-17-12-9(2)15-18-13(19)14-12/h4-9,12,15,17H,3H2,1-2H3,(H2,14,18,19)/b16-11+. The highest BCUT2D eigenvalue weighted by molar-refractivity contribution is 6.00. The molecule has 19 heavy (non-hydrogen) atoms. The number of hydrogen-bond donors (Lipinski definition) is 4. The Balaban J connectivity index is 2.05. The van der Waals surface area contributed by atoms with E-state index < -0.39 is 0 Å². The van der Waals surface area contributed by atoms with Crippen LogP contribution in [0.1, 0.15) is 25.8 Å². The Kier molecular flexibility index (Phi) is 4.35. The van der Waals surface area contributed by atoms with Crippen molar-refractivity contribution in [2.24, 2.45) is 5.10 Å². The molecule has 6 heteroatoms. The Morgan fingerprint density at radius 1 is 1.37 bits per heavy atom. The highest BCUT2D eigenvalue weighted by Gasteiger charge is 2.23. The van der Waals surface area contributed by atoms with Gasteiger partial charge in [-0.15, -0.1) is 0 Å². The lowest BCUT2D eigenvalue weighted by molar-refractivity contribution is 0.202. The first-order valence-electron chi connectivity index (χ1n) is 6.40. The zero-order chi connectivity index (χ0) is 13.7. The van der Waals surface area contributed by atoms with Crippen molar-refractivity contribution < 1.29 is 4.79 Å². The van der Waals surface area contributed by atoms with Gasteiger partial charge in [0, 0.05) is 0 Å². The summed E-state index contributed by atoms with van der Waals surface area (Å²) in [4.78, 5) is 11.2. The molecule has 1 heterocycles. The Hall–Kier alpha value is -2.08. The smallest absolute Gasteiger partial charge is 0.314 e. The van der Waals surface area contributed by atoms with Crippen LogP contribution in [0.3, 0.4) is 0 Å². The van der Waals surface area contributed by atoms with E-state index in [1.165, 1.54) is 0 Å². The molecule has 0 spiro atoms. The van der Waals surface area contributed by atoms with E-state index in [0.29, 0.717) is 0 Å². The Bertz CT molecular complexity index is 459. The second-order valence-electron chi connectivity index (χ2n) is 4.42. The van der Waals surface area contributed by atoms with E-state index in [1.807, 2.05) is 37.3 Å². The van der Waals surface area contributed by atoms with Crippen LogP contribution >= 0.6 is 0 Å². The fraction of sp³-hybridized carbons (Fsp3) is 0.385. The number of benzene rings is 1. The summed E-state index contributed by atoms with van der Waals surface area (Å²) in [7, 11) is 0. The summed E-state index contributed by atoms with van der Waals surface area (Å²) >= 11 is 0. The number of nitrogens with one attached hydrogen (secondary N) is 4. The minimum absolute atomic E-state index is 0.0373. The number of rotatable bonds is 4. The third kappa shape index (κ3) is 3.45. The number of carbonyl (C=O) groups excluding carboxylic acids is 1. The molecule has 6 nitrogen and oxygen atoms in total. The molecule has 0 aliphatic carbocycles. The van der Waals surface area contributed by atoms with Crippen LogP contribution in [-0.2, 0) is 0 Å². The van der Waals surface area contributed by atoms with Crippen molar-refractivity contribution in [1.29, 1.82) is 0 Å². The molecule has 2 amide bonds. The van der Waals surface area contributed by atoms with Crippen molar-refractivity contribution in [1.82, 2.24) is 21.6 Å². The zero-order valence-electron chi connectivity index (χ0n) is 11.1. The molecule has 4 N–H and O–H groups in total. The molecule has 2 unspecified atom stereocenters. The Morgan fingerprint density at radius 3 is 2.79 bits per heavy atom. The zero-order valence-corrected chi connectivity index (χ0v) is 11.1. The number of hydrazone groups is 1. The lowest BCUT2D eigenvalue weighted by Gasteiger charge is -2.30. The van der Waals surface area contributed by atoms with E-state index in [0.717, 1.165) is 17.7 Å². The van der Waals surface area contributed by atoms with Gasteiger partial charge in [-0.3, -0.25) is 10.9 Å². The van der Waals surface area contributed by atoms with E-state index in [4.69, 9.17) is 0 Å². The first kappa shape index (κ1) is 13.4. The van der Waals surface area contributed by atoms with E-state index >= 15 is 0 Å². The number of hydrogen-bond acceptors (Lipinski definition) is 4. The van der Waals surface area contributed by atoms with E-state index in [-0.39, 0.29) is 18.2 Å². The molecular formula is C13H19N5O. The molecule has 0 aromatic heterocycles. The molecule has 0 bridgehead atoms. The molecule has 102 valence electrons. The lowest BCUT2D eigenvalue weighted by Crippen LogP contribution is -2.67. The summed E-state index contributed by atoms with van der Waals surface area (Å²) in [5, 5.41) is 7.17. The molecule has 2 rings (SSSR count). The topological polar surface area (TPSA) is 77.5 Å². The lowest BCUT2D eigenvalue weighted by atomic mass is 10.1. The van der Waals surface area contributed by atoms with Gasteiger partial charge in [0.1, 0.15) is 6.17 Å². The van der Waals surface area contributed by atoms with Gasteiger partial charge in [0.15, 0.2) is 0 Å². The summed E-state index contributed by atoms with van der Waals surface area (Å²) in [5.74, 6) is 0. The predicted molar refractivity (Wildman–Crippen MR) is 74.5 cm³/mol. The van der Waals surface area contributed by atoms with Crippen LogP contribution in [0.5, 0.6) is 0 Å². The Morgan fingerprint density at radius 2 is 2.11 bits per heavy atom. The maximum absolute atomic E-state index is 11.2. The first-order valence-corrected chi connectivity index (χ1v) is 6.40. The van der Waals surface area contributed by atoms with Crippen molar-refractivity contribution in [3.63, 3.8) is 0 Å². The normalized spacial score (nSPS) is 23.5. The third-order valence-corrected chi connectivity index (χ3v) is 2.98. The second kappa shape index (κ2) is 6.19. The van der Waals surface area contributed by atoms with Crippen molar-refractivity contribution in [2.75, 3.05) is 0 Å². The van der Waals surface area contributed by atoms with Crippen LogP contribution in [-0.4, -0.2) is 24.0 Å². The van der Waals surface area contributed by atoms with Gasteiger partial charge >= 0.3 is 6.03 Å². The van der Waals surface area contributed by atoms with Gasteiger partial charge in [-0.25, -0.2) is 10.2 Å². The largest absolute Gasteiger partial charge is 0.330 e. The highest BCUT2D eigenvalue weighted by Crippen LogP contribution is 2.04. The van der Waals surface area contributed by atoms with Crippen LogP contribution in [0.25, 0.3) is 0 Å². The minimum Gasteiger partial charge on any atom is -0.314 e. The van der Waals surface area contributed by atoms with Gasteiger partial charge in [0.2, 0.25) is 0 Å². The molecule has 0 radical (unpaired) electrons. The fourth-order valence-corrected chi connectivity index (χ4v) is 1.83. The molecule has 1 aliphatic heterocycles. The summed E-state index contributed by atoms with van der Waals surface area (Å²) in [5.41, 5.74) is 10.4. The van der Waals surface area contributed by atoms with Crippen molar-refractivity contribution in [3.05, 3.63) is 35.9 Å². The fourth-order valence-electron chi connectivity index (χ4n) is 1.83. The van der Waals surface area contributed by atoms with Crippen LogP contribution in [0, 0.1) is 0 Å². The van der Waals surface area contributed by atoms with Gasteiger partial charge in [-0.1, -0.05) is 37.3 Å². The molecule has 2 atom stereocenters. The number of carbonyl (C=O) groups is 1. The van der Waals surface area contributed by atoms with E-state index in [2.05, 4.69) is 33.6 Å². The van der Waals surface area contributed by atoms with Crippen LogP contribution in [0.4, 0.5) is 4.79 Å². The van der Waals surface area contributed by atoms with Gasteiger partial charge < -0.3 is 5.32 Å².